The van der Waals surface area contributed by atoms with Crippen molar-refractivity contribution in [3.63, 3.8) is 0 Å². The Morgan fingerprint density at radius 2 is 1.78 bits per heavy atom. The summed E-state index contributed by atoms with van der Waals surface area (Å²) < 4.78 is 10.2. The maximum atomic E-state index is 12.4. The number of aliphatic hydroxyl groups is 2. The summed E-state index contributed by atoms with van der Waals surface area (Å²) in [5.74, 6) is -3.65. The molecule has 3 heterocycles. The molecular formula is C26H32N2O9. The number of hydrogen-bond acceptors (Lipinski definition) is 8. The lowest BCUT2D eigenvalue weighted by atomic mass is 9.75. The number of fused-ring (bicyclic) bond motifs is 5. The van der Waals surface area contributed by atoms with Crippen LogP contribution in [-0.4, -0.2) is 87.7 Å². The van der Waals surface area contributed by atoms with E-state index in [0.29, 0.717) is 5.57 Å². The van der Waals surface area contributed by atoms with E-state index in [1.807, 2.05) is 6.08 Å². The molecule has 0 aliphatic carbocycles. The third kappa shape index (κ3) is 5.85. The van der Waals surface area contributed by atoms with E-state index in [1.165, 1.54) is 35.5 Å². The van der Waals surface area contributed by atoms with Crippen LogP contribution in [0.15, 0.2) is 48.8 Å². The van der Waals surface area contributed by atoms with Crippen LogP contribution in [0.5, 0.6) is 0 Å². The first kappa shape index (κ1) is 27.9. The standard InChI is InChI=1S/C22H26N2O3.C4H6O6/c1-4-14-12-24-10-9-16-15-7-5-6-8-19(15)23-21(16)20(24)11-17(14)18(13-26-2)22(25)27-3;5-1(3(7)8)2(6)4(9)10/h4-8,13-14,17,20,23H,1,9-12H2,2-3H3;1-2,5-6H,(H,7,8)(H,9,10)/b18-13+;/t14-,17-,20-;1-,2-/m01/s1. The number of carboxylic acids is 2. The highest BCUT2D eigenvalue weighted by Gasteiger charge is 2.42. The van der Waals surface area contributed by atoms with E-state index in [2.05, 4.69) is 40.7 Å². The van der Waals surface area contributed by atoms with Gasteiger partial charge in [-0.3, -0.25) is 4.90 Å². The van der Waals surface area contributed by atoms with Crippen molar-refractivity contribution in [3.8, 4) is 0 Å². The normalized spacial score (nSPS) is 22.9. The number of para-hydroxylation sites is 1. The molecule has 200 valence electrons. The molecule has 1 aromatic carbocycles. The van der Waals surface area contributed by atoms with Crippen LogP contribution in [0.2, 0.25) is 0 Å². The highest BCUT2D eigenvalue weighted by atomic mass is 16.5. The minimum atomic E-state index is -2.27. The van der Waals surface area contributed by atoms with E-state index in [0.717, 1.165) is 25.9 Å². The monoisotopic (exact) mass is 516 g/mol. The predicted octanol–water partition coefficient (Wildman–Crippen LogP) is 1.47. The molecule has 4 rings (SSSR count). The van der Waals surface area contributed by atoms with Crippen molar-refractivity contribution in [2.75, 3.05) is 27.3 Å². The van der Waals surface area contributed by atoms with Crippen LogP contribution in [0, 0.1) is 11.8 Å². The Balaban J connectivity index is 0.000000325. The molecule has 1 saturated heterocycles. The number of ether oxygens (including phenoxy) is 2. The number of H-pyrrole nitrogens is 1. The topological polar surface area (TPSA) is 170 Å². The number of aromatic nitrogens is 1. The molecule has 0 unspecified atom stereocenters. The number of esters is 1. The number of hydrogen-bond donors (Lipinski definition) is 5. The summed E-state index contributed by atoms with van der Waals surface area (Å²) >= 11 is 0. The van der Waals surface area contributed by atoms with Gasteiger partial charge in [0.05, 0.1) is 32.1 Å². The Kier molecular flexibility index (Phi) is 9.09. The van der Waals surface area contributed by atoms with E-state index in [-0.39, 0.29) is 23.8 Å². The number of piperidine rings is 1. The van der Waals surface area contributed by atoms with Crippen LogP contribution in [0.3, 0.4) is 0 Å². The number of carbonyl (C=O) groups is 3. The molecule has 5 atom stereocenters. The molecule has 2 aliphatic heterocycles. The molecular weight excluding hydrogens is 484 g/mol. The van der Waals surface area contributed by atoms with Gasteiger partial charge in [0.2, 0.25) is 0 Å². The van der Waals surface area contributed by atoms with Gasteiger partial charge in [-0.1, -0.05) is 24.3 Å². The van der Waals surface area contributed by atoms with Gasteiger partial charge in [-0.15, -0.1) is 6.58 Å². The highest BCUT2D eigenvalue weighted by molar-refractivity contribution is 5.89. The molecule has 11 heteroatoms. The maximum Gasteiger partial charge on any atom is 0.337 e. The first-order valence-electron chi connectivity index (χ1n) is 11.7. The number of carbonyl (C=O) groups excluding carboxylic acids is 1. The second-order valence-electron chi connectivity index (χ2n) is 8.93. The van der Waals surface area contributed by atoms with E-state index >= 15 is 0 Å². The average molecular weight is 517 g/mol. The number of methoxy groups -OCH3 is 2. The fraction of sp³-hybridized carbons (Fsp3) is 0.423. The molecule has 1 fully saturated rings. The van der Waals surface area contributed by atoms with Crippen LogP contribution in [0.1, 0.15) is 23.7 Å². The van der Waals surface area contributed by atoms with Crippen molar-refractivity contribution in [1.82, 2.24) is 9.88 Å². The number of carboxylic acid groups (broad SMARTS) is 2. The van der Waals surface area contributed by atoms with E-state index in [4.69, 9.17) is 29.9 Å². The van der Waals surface area contributed by atoms with Crippen molar-refractivity contribution >= 4 is 28.8 Å². The summed E-state index contributed by atoms with van der Waals surface area (Å²) in [4.78, 5) is 38.1. The number of aromatic amines is 1. The van der Waals surface area contributed by atoms with E-state index in [1.54, 1.807) is 7.11 Å². The fourth-order valence-electron chi connectivity index (χ4n) is 5.07. The Hall–Kier alpha value is -3.67. The van der Waals surface area contributed by atoms with Gasteiger partial charge in [0, 0.05) is 35.6 Å². The summed E-state index contributed by atoms with van der Waals surface area (Å²) in [6.07, 6.45) is 0.851. The minimum Gasteiger partial charge on any atom is -0.504 e. The summed E-state index contributed by atoms with van der Waals surface area (Å²) in [5.41, 5.74) is 4.48. The zero-order valence-corrected chi connectivity index (χ0v) is 20.7. The molecule has 0 bridgehead atoms. The summed E-state index contributed by atoms with van der Waals surface area (Å²) in [7, 11) is 2.98. The van der Waals surface area contributed by atoms with Gasteiger partial charge in [-0.05, 0) is 30.4 Å². The third-order valence-electron chi connectivity index (χ3n) is 6.88. The van der Waals surface area contributed by atoms with Crippen LogP contribution in [-0.2, 0) is 30.3 Å². The molecule has 37 heavy (non-hydrogen) atoms. The Labute approximate surface area is 213 Å². The SMILES string of the molecule is C=C[C@H]1CN2CCc3c([nH]c4ccccc34)[C@@H]2C[C@@H]1/C(=C\OC)C(=O)OC.O=C(O)[C@H](O)[C@@H](O)C(=O)O. The van der Waals surface area contributed by atoms with Crippen LogP contribution in [0.4, 0.5) is 0 Å². The number of aliphatic carboxylic acids is 2. The Morgan fingerprint density at radius 3 is 2.35 bits per heavy atom. The largest absolute Gasteiger partial charge is 0.504 e. The smallest absolute Gasteiger partial charge is 0.337 e. The van der Waals surface area contributed by atoms with Crippen molar-refractivity contribution in [2.45, 2.75) is 31.1 Å². The quantitative estimate of drug-likeness (QED) is 0.157. The lowest BCUT2D eigenvalue weighted by Gasteiger charge is -2.45. The second kappa shape index (κ2) is 12.0. The van der Waals surface area contributed by atoms with Crippen molar-refractivity contribution in [2.24, 2.45) is 11.8 Å². The third-order valence-corrected chi connectivity index (χ3v) is 6.88. The van der Waals surface area contributed by atoms with Crippen molar-refractivity contribution < 1.29 is 44.3 Å². The van der Waals surface area contributed by atoms with Gasteiger partial charge in [0.1, 0.15) is 0 Å². The summed E-state index contributed by atoms with van der Waals surface area (Å²) in [6, 6.07) is 8.74. The molecule has 2 aliphatic rings. The summed E-state index contributed by atoms with van der Waals surface area (Å²) in [6.45, 7) is 5.93. The highest BCUT2D eigenvalue weighted by Crippen LogP contribution is 2.45. The van der Waals surface area contributed by atoms with Crippen molar-refractivity contribution in [1.29, 1.82) is 0 Å². The van der Waals surface area contributed by atoms with Gasteiger partial charge >= 0.3 is 17.9 Å². The average Bonchev–Trinajstić information content (AvgIpc) is 3.29. The van der Waals surface area contributed by atoms with Crippen LogP contribution in [0.25, 0.3) is 10.9 Å². The minimum absolute atomic E-state index is 0.0218. The van der Waals surface area contributed by atoms with Crippen LogP contribution >= 0.6 is 0 Å². The first-order valence-corrected chi connectivity index (χ1v) is 11.7. The van der Waals surface area contributed by atoms with Gasteiger partial charge in [0.25, 0.3) is 0 Å². The van der Waals surface area contributed by atoms with Gasteiger partial charge in [-0.25, -0.2) is 14.4 Å². The zero-order chi connectivity index (χ0) is 27.3. The second-order valence-corrected chi connectivity index (χ2v) is 8.93. The first-order chi connectivity index (χ1) is 17.6. The molecule has 1 aromatic heterocycles. The van der Waals surface area contributed by atoms with Gasteiger partial charge in [0.15, 0.2) is 12.2 Å². The Morgan fingerprint density at radius 1 is 1.14 bits per heavy atom. The molecule has 5 N–H and O–H groups in total. The number of aliphatic hydroxyl groups excluding tert-OH is 2. The lowest BCUT2D eigenvalue weighted by molar-refractivity contribution is -0.165. The molecule has 0 saturated carbocycles. The Bertz CT molecular complexity index is 1170. The molecule has 0 spiro atoms. The molecule has 0 radical (unpaired) electrons. The van der Waals surface area contributed by atoms with Gasteiger partial charge in [-0.2, -0.15) is 0 Å². The van der Waals surface area contributed by atoms with Crippen molar-refractivity contribution in [3.05, 3.63) is 60.0 Å². The van der Waals surface area contributed by atoms with Gasteiger partial charge < -0.3 is 34.9 Å². The zero-order valence-electron chi connectivity index (χ0n) is 20.7. The molecule has 0 amide bonds. The number of rotatable bonds is 7. The van der Waals surface area contributed by atoms with Crippen LogP contribution < -0.4 is 0 Å². The van der Waals surface area contributed by atoms with E-state index < -0.39 is 24.1 Å². The number of nitrogens with zero attached hydrogens (tertiary/aromatic N) is 1. The molecule has 2 aromatic rings. The number of nitrogens with one attached hydrogen (secondary N) is 1. The predicted molar refractivity (Wildman–Crippen MR) is 133 cm³/mol. The van der Waals surface area contributed by atoms with E-state index in [9.17, 15) is 14.4 Å². The summed E-state index contributed by atoms with van der Waals surface area (Å²) in [5, 5.41) is 33.8. The fourth-order valence-corrected chi connectivity index (χ4v) is 5.07. The molecule has 11 nitrogen and oxygen atoms in total. The number of benzene rings is 1. The lowest BCUT2D eigenvalue weighted by Crippen LogP contribution is -2.46. The maximum absolute atomic E-state index is 12.4.